The maximum Gasteiger partial charge on any atom is 0.0478 e. The van der Waals surface area contributed by atoms with Crippen molar-refractivity contribution in [3.05, 3.63) is 24.3 Å². The van der Waals surface area contributed by atoms with Gasteiger partial charge in [0.2, 0.25) is 0 Å². The third kappa shape index (κ3) is 2.41. The van der Waals surface area contributed by atoms with Crippen LogP contribution in [0.5, 0.6) is 0 Å². The quantitative estimate of drug-likeness (QED) is 0.737. The molecule has 1 aromatic rings. The zero-order valence-electron chi connectivity index (χ0n) is 7.92. The molecule has 2 rings (SSSR count). The minimum Gasteiger partial charge on any atom is -0.384 e. The van der Waals surface area contributed by atoms with Gasteiger partial charge in [-0.05, 0) is 37.1 Å². The monoisotopic (exact) mass is 193 g/mol. The van der Waals surface area contributed by atoms with E-state index >= 15 is 0 Å². The Hall–Kier alpha value is -0.630. The number of anilines is 1. The first kappa shape index (κ1) is 8.95. The lowest BCUT2D eigenvalue weighted by molar-refractivity contribution is 0.886. The molecule has 2 heteroatoms. The van der Waals surface area contributed by atoms with Crippen molar-refractivity contribution in [3.8, 4) is 0 Å². The first-order valence-electron chi connectivity index (χ1n) is 4.77. The van der Waals surface area contributed by atoms with Crippen LogP contribution in [-0.4, -0.2) is 12.8 Å². The van der Waals surface area contributed by atoms with E-state index in [0.717, 1.165) is 12.5 Å². The molecule has 0 bridgehead atoms. The Kier molecular flexibility index (Phi) is 2.79. The van der Waals surface area contributed by atoms with Gasteiger partial charge in [0.25, 0.3) is 0 Å². The summed E-state index contributed by atoms with van der Waals surface area (Å²) in [5, 5.41) is 3.51. The molecule has 0 amide bonds. The molecule has 13 heavy (non-hydrogen) atoms. The number of hydrogen-bond donors (Lipinski definition) is 1. The predicted octanol–water partition coefficient (Wildman–Crippen LogP) is 3.23. The maximum absolute atomic E-state index is 3.51. The fraction of sp³-hybridized carbons (Fsp3) is 0.455. The zero-order chi connectivity index (χ0) is 9.10. The molecule has 70 valence electrons. The molecule has 0 saturated heterocycles. The summed E-state index contributed by atoms with van der Waals surface area (Å²) < 4.78 is 0. The molecule has 1 saturated carbocycles. The van der Waals surface area contributed by atoms with Gasteiger partial charge >= 0.3 is 0 Å². The van der Waals surface area contributed by atoms with Crippen molar-refractivity contribution in [1.29, 1.82) is 0 Å². The van der Waals surface area contributed by atoms with Crippen LogP contribution in [-0.2, 0) is 0 Å². The van der Waals surface area contributed by atoms with Crippen molar-refractivity contribution in [2.45, 2.75) is 17.7 Å². The first-order valence-corrected chi connectivity index (χ1v) is 5.99. The highest BCUT2D eigenvalue weighted by Crippen LogP contribution is 2.30. The topological polar surface area (TPSA) is 12.0 Å². The molecule has 0 atom stereocenters. The van der Waals surface area contributed by atoms with Gasteiger partial charge in [-0.1, -0.05) is 12.1 Å². The van der Waals surface area contributed by atoms with Crippen molar-refractivity contribution in [1.82, 2.24) is 0 Å². The minimum atomic E-state index is 0.940. The second-order valence-corrected chi connectivity index (χ2v) is 4.37. The molecule has 0 heterocycles. The Bertz CT molecular complexity index is 281. The summed E-state index contributed by atoms with van der Waals surface area (Å²) in [4.78, 5) is 1.35. The van der Waals surface area contributed by atoms with Gasteiger partial charge < -0.3 is 5.32 Å². The molecule has 0 unspecified atom stereocenters. The molecule has 1 aliphatic carbocycles. The maximum atomic E-state index is 3.51. The van der Waals surface area contributed by atoms with E-state index in [1.54, 1.807) is 11.8 Å². The third-order valence-electron chi connectivity index (χ3n) is 2.39. The van der Waals surface area contributed by atoms with Crippen LogP contribution < -0.4 is 5.32 Å². The Labute approximate surface area is 83.9 Å². The van der Waals surface area contributed by atoms with Crippen LogP contribution in [0.15, 0.2) is 29.2 Å². The Morgan fingerprint density at radius 1 is 1.38 bits per heavy atom. The van der Waals surface area contributed by atoms with E-state index in [1.165, 1.54) is 23.4 Å². The molecular formula is C11H15NS. The van der Waals surface area contributed by atoms with Crippen LogP contribution in [0, 0.1) is 5.92 Å². The van der Waals surface area contributed by atoms with Crippen molar-refractivity contribution in [2.24, 2.45) is 5.92 Å². The molecule has 1 nitrogen and oxygen atoms in total. The summed E-state index contributed by atoms with van der Waals surface area (Å²) in [6.45, 7) is 1.15. The molecule has 1 fully saturated rings. The summed E-state index contributed by atoms with van der Waals surface area (Å²) in [5.41, 5.74) is 1.29. The van der Waals surface area contributed by atoms with E-state index in [-0.39, 0.29) is 0 Å². The van der Waals surface area contributed by atoms with E-state index in [0.29, 0.717) is 0 Å². The van der Waals surface area contributed by atoms with E-state index in [9.17, 15) is 0 Å². The molecular weight excluding hydrogens is 178 g/mol. The lowest BCUT2D eigenvalue weighted by Crippen LogP contribution is -2.03. The van der Waals surface area contributed by atoms with E-state index in [4.69, 9.17) is 0 Å². The van der Waals surface area contributed by atoms with Gasteiger partial charge in [-0.15, -0.1) is 11.8 Å². The van der Waals surface area contributed by atoms with Crippen molar-refractivity contribution in [2.75, 3.05) is 18.1 Å². The van der Waals surface area contributed by atoms with Gasteiger partial charge in [0, 0.05) is 17.1 Å². The van der Waals surface area contributed by atoms with Gasteiger partial charge in [0.05, 0.1) is 0 Å². The van der Waals surface area contributed by atoms with Crippen LogP contribution in [0.2, 0.25) is 0 Å². The fourth-order valence-electron chi connectivity index (χ4n) is 1.37. The van der Waals surface area contributed by atoms with E-state index < -0.39 is 0 Å². The van der Waals surface area contributed by atoms with Crippen molar-refractivity contribution in [3.63, 3.8) is 0 Å². The lowest BCUT2D eigenvalue weighted by atomic mass is 10.3. The van der Waals surface area contributed by atoms with Crippen LogP contribution in [0.25, 0.3) is 0 Å². The number of para-hydroxylation sites is 1. The second-order valence-electron chi connectivity index (χ2n) is 3.52. The van der Waals surface area contributed by atoms with E-state index in [2.05, 4.69) is 35.8 Å². The summed E-state index contributed by atoms with van der Waals surface area (Å²) in [7, 11) is 0. The number of thioether (sulfide) groups is 1. The zero-order valence-corrected chi connectivity index (χ0v) is 8.73. The summed E-state index contributed by atoms with van der Waals surface area (Å²) in [5.74, 6) is 0.940. The van der Waals surface area contributed by atoms with Crippen molar-refractivity contribution < 1.29 is 0 Å². The minimum absolute atomic E-state index is 0.940. The smallest absolute Gasteiger partial charge is 0.0478 e. The number of hydrogen-bond acceptors (Lipinski definition) is 2. The Morgan fingerprint density at radius 3 is 2.85 bits per heavy atom. The average molecular weight is 193 g/mol. The Balaban J connectivity index is 1.99. The molecule has 0 spiro atoms. The van der Waals surface area contributed by atoms with Gasteiger partial charge in [-0.2, -0.15) is 0 Å². The highest BCUT2D eigenvalue weighted by Gasteiger charge is 2.20. The largest absolute Gasteiger partial charge is 0.384 e. The normalized spacial score (nSPS) is 15.8. The van der Waals surface area contributed by atoms with E-state index in [1.807, 2.05) is 0 Å². The van der Waals surface area contributed by atoms with Gasteiger partial charge in [-0.25, -0.2) is 0 Å². The summed E-state index contributed by atoms with van der Waals surface area (Å²) >= 11 is 1.80. The number of benzene rings is 1. The lowest BCUT2D eigenvalue weighted by Gasteiger charge is -2.08. The second kappa shape index (κ2) is 4.05. The third-order valence-corrected chi connectivity index (χ3v) is 3.18. The van der Waals surface area contributed by atoms with Crippen molar-refractivity contribution >= 4 is 17.4 Å². The van der Waals surface area contributed by atoms with Gasteiger partial charge in [0.1, 0.15) is 0 Å². The molecule has 1 N–H and O–H groups in total. The molecule has 0 aromatic heterocycles. The van der Waals surface area contributed by atoms with Crippen LogP contribution in [0.4, 0.5) is 5.69 Å². The standard InChI is InChI=1S/C11H15NS/c1-13-11-5-3-2-4-10(11)12-8-9-6-7-9/h2-5,9,12H,6-8H2,1H3. The van der Waals surface area contributed by atoms with Crippen LogP contribution >= 0.6 is 11.8 Å². The summed E-state index contributed by atoms with van der Waals surface area (Å²) in [6, 6.07) is 8.51. The molecule has 0 aliphatic heterocycles. The molecule has 0 radical (unpaired) electrons. The predicted molar refractivity (Wildman–Crippen MR) is 59.4 cm³/mol. The molecule has 1 aromatic carbocycles. The number of rotatable bonds is 4. The fourth-order valence-corrected chi connectivity index (χ4v) is 1.94. The Morgan fingerprint density at radius 2 is 2.15 bits per heavy atom. The van der Waals surface area contributed by atoms with Gasteiger partial charge in [-0.3, -0.25) is 0 Å². The highest BCUT2D eigenvalue weighted by molar-refractivity contribution is 7.98. The highest BCUT2D eigenvalue weighted by atomic mass is 32.2. The van der Waals surface area contributed by atoms with Gasteiger partial charge in [0.15, 0.2) is 0 Å². The van der Waals surface area contributed by atoms with Crippen LogP contribution in [0.1, 0.15) is 12.8 Å². The average Bonchev–Trinajstić information content (AvgIpc) is 2.99. The first-order chi connectivity index (χ1) is 6.40. The van der Waals surface area contributed by atoms with Crippen LogP contribution in [0.3, 0.4) is 0 Å². The SMILES string of the molecule is CSc1ccccc1NCC1CC1. The summed E-state index contributed by atoms with van der Waals surface area (Å²) in [6.07, 6.45) is 4.94. The number of nitrogens with one attached hydrogen (secondary N) is 1. The molecule has 1 aliphatic rings.